The van der Waals surface area contributed by atoms with E-state index in [1.54, 1.807) is 4.90 Å². The van der Waals surface area contributed by atoms with Crippen LogP contribution in [0.1, 0.15) is 29.5 Å². The summed E-state index contributed by atoms with van der Waals surface area (Å²) in [6, 6.07) is 15.8. The van der Waals surface area contributed by atoms with E-state index in [4.69, 9.17) is 0 Å². The van der Waals surface area contributed by atoms with Gasteiger partial charge in [-0.3, -0.25) is 9.59 Å². The van der Waals surface area contributed by atoms with Crippen LogP contribution in [0.5, 0.6) is 0 Å². The molecule has 0 N–H and O–H groups in total. The first-order valence-corrected chi connectivity index (χ1v) is 7.97. The highest BCUT2D eigenvalue weighted by Gasteiger charge is 2.20. The summed E-state index contributed by atoms with van der Waals surface area (Å²) in [4.78, 5) is 25.5. The van der Waals surface area contributed by atoms with E-state index in [2.05, 4.69) is 18.7 Å². The number of fused-ring (bicyclic) bond motifs is 2. The number of para-hydroxylation sites is 1. The fraction of sp³-hybridized carbons (Fsp3) is 0.158. The van der Waals surface area contributed by atoms with Crippen molar-refractivity contribution in [1.82, 2.24) is 0 Å². The molecule has 2 aromatic carbocycles. The Balaban J connectivity index is 2.02. The van der Waals surface area contributed by atoms with Gasteiger partial charge in [0.05, 0.1) is 12.2 Å². The lowest BCUT2D eigenvalue weighted by atomic mass is 10.0. The van der Waals surface area contributed by atoms with Gasteiger partial charge in [0.2, 0.25) is 5.91 Å². The highest BCUT2D eigenvalue weighted by Crippen LogP contribution is 2.29. The molecule has 23 heavy (non-hydrogen) atoms. The highest BCUT2D eigenvalue weighted by molar-refractivity contribution is 7.96. The molecule has 1 aliphatic heterocycles. The first kappa shape index (κ1) is 15.6. The molecule has 0 fully saturated rings. The lowest BCUT2D eigenvalue weighted by molar-refractivity contribution is -0.121. The van der Waals surface area contributed by atoms with Crippen LogP contribution < -0.4 is 4.90 Å². The molecule has 0 saturated heterocycles. The summed E-state index contributed by atoms with van der Waals surface area (Å²) in [6.45, 7) is 0.497. The zero-order valence-corrected chi connectivity index (χ0v) is 13.5. The van der Waals surface area contributed by atoms with Gasteiger partial charge in [-0.1, -0.05) is 54.6 Å². The van der Waals surface area contributed by atoms with Gasteiger partial charge in [-0.2, -0.15) is 0 Å². The molecule has 0 atom stereocenters. The molecule has 0 spiro atoms. The second-order valence-electron chi connectivity index (χ2n) is 5.46. The molecule has 1 amide bonds. The first-order chi connectivity index (χ1) is 11.1. The summed E-state index contributed by atoms with van der Waals surface area (Å²) < 4.78 is 0. The normalized spacial score (nSPS) is 14.2. The summed E-state index contributed by atoms with van der Waals surface area (Å²) in [6.07, 6.45) is 4.42. The second kappa shape index (κ2) is 6.84. The standard InChI is InChI=1S/C19H17NO2S/c21-18(11-12-19(22)23)20-13-16-7-2-1-5-14(16)9-10-15-6-3-4-8-17(15)20/h1-10H,11-13H2,(H,22,23)/b10-9-. The van der Waals surface area contributed by atoms with E-state index >= 15 is 0 Å². The Hall–Kier alpha value is -2.33. The van der Waals surface area contributed by atoms with Gasteiger partial charge in [-0.05, 0) is 22.8 Å². The molecule has 0 saturated carbocycles. The zero-order valence-electron chi connectivity index (χ0n) is 12.6. The van der Waals surface area contributed by atoms with Crippen molar-refractivity contribution >= 4 is 41.5 Å². The summed E-state index contributed by atoms with van der Waals surface area (Å²) in [5.74, 6) is -0.0649. The van der Waals surface area contributed by atoms with Gasteiger partial charge >= 0.3 is 0 Å². The minimum absolute atomic E-state index is 0.0649. The topological polar surface area (TPSA) is 37.4 Å². The minimum atomic E-state index is -0.265. The molecule has 0 bridgehead atoms. The molecule has 3 rings (SSSR count). The average molecular weight is 323 g/mol. The van der Waals surface area contributed by atoms with E-state index in [9.17, 15) is 9.59 Å². The van der Waals surface area contributed by atoms with E-state index in [0.29, 0.717) is 6.54 Å². The Morgan fingerprint density at radius 3 is 2.35 bits per heavy atom. The van der Waals surface area contributed by atoms with E-state index in [1.165, 1.54) is 0 Å². The lowest BCUT2D eigenvalue weighted by Crippen LogP contribution is -2.31. The highest BCUT2D eigenvalue weighted by atomic mass is 32.1. The molecule has 1 aliphatic rings. The third-order valence-electron chi connectivity index (χ3n) is 3.91. The quantitative estimate of drug-likeness (QED) is 0.869. The van der Waals surface area contributed by atoms with E-state index in [0.717, 1.165) is 22.4 Å². The number of thiol groups is 1. The second-order valence-corrected chi connectivity index (χ2v) is 5.96. The Morgan fingerprint density at radius 1 is 0.913 bits per heavy atom. The van der Waals surface area contributed by atoms with Crippen molar-refractivity contribution in [3.05, 3.63) is 65.2 Å². The molecule has 116 valence electrons. The summed E-state index contributed by atoms with van der Waals surface area (Å²) in [7, 11) is 0. The average Bonchev–Trinajstić information content (AvgIpc) is 2.55. The fourth-order valence-electron chi connectivity index (χ4n) is 2.72. The van der Waals surface area contributed by atoms with Gasteiger partial charge in [-0.25, -0.2) is 0 Å². The van der Waals surface area contributed by atoms with Crippen LogP contribution in [0.3, 0.4) is 0 Å². The van der Waals surface area contributed by atoms with Crippen LogP contribution in [0, 0.1) is 0 Å². The van der Waals surface area contributed by atoms with Gasteiger partial charge < -0.3 is 4.90 Å². The lowest BCUT2D eigenvalue weighted by Gasteiger charge is -2.27. The number of hydrogen-bond donors (Lipinski definition) is 1. The van der Waals surface area contributed by atoms with Gasteiger partial charge in [0.25, 0.3) is 0 Å². The number of carbonyl (C=O) groups is 2. The predicted molar refractivity (Wildman–Crippen MR) is 96.2 cm³/mol. The van der Waals surface area contributed by atoms with Crippen LogP contribution in [0.15, 0.2) is 48.5 Å². The summed E-state index contributed by atoms with van der Waals surface area (Å²) in [5.41, 5.74) is 4.05. The van der Waals surface area contributed by atoms with Crippen LogP contribution in [-0.4, -0.2) is 11.0 Å². The monoisotopic (exact) mass is 323 g/mol. The Bertz CT molecular complexity index is 782. The smallest absolute Gasteiger partial charge is 0.227 e. The van der Waals surface area contributed by atoms with Crippen LogP contribution in [0.2, 0.25) is 0 Å². The number of nitrogens with zero attached hydrogens (tertiary/aromatic N) is 1. The number of hydrogen-bond acceptors (Lipinski definition) is 2. The molecule has 0 unspecified atom stereocenters. The van der Waals surface area contributed by atoms with Crippen LogP contribution >= 0.6 is 12.6 Å². The third-order valence-corrected chi connectivity index (χ3v) is 4.13. The number of amides is 1. The fourth-order valence-corrected chi connectivity index (χ4v) is 2.83. The van der Waals surface area contributed by atoms with Gasteiger partial charge in [0, 0.05) is 12.8 Å². The summed E-state index contributed by atoms with van der Waals surface area (Å²) >= 11 is 3.75. The van der Waals surface area contributed by atoms with E-state index < -0.39 is 0 Å². The molecule has 0 radical (unpaired) electrons. The molecular weight excluding hydrogens is 306 g/mol. The molecule has 0 aromatic heterocycles. The minimum Gasteiger partial charge on any atom is -0.307 e. The van der Waals surface area contributed by atoms with Crippen molar-refractivity contribution < 1.29 is 9.59 Å². The molecule has 0 aliphatic carbocycles. The van der Waals surface area contributed by atoms with Crippen molar-refractivity contribution in [2.75, 3.05) is 4.90 Å². The van der Waals surface area contributed by atoms with Gasteiger partial charge in [-0.15, -0.1) is 12.6 Å². The van der Waals surface area contributed by atoms with Crippen molar-refractivity contribution in [2.45, 2.75) is 19.4 Å². The first-order valence-electron chi connectivity index (χ1n) is 7.52. The Morgan fingerprint density at radius 2 is 1.57 bits per heavy atom. The zero-order chi connectivity index (χ0) is 16.2. The van der Waals surface area contributed by atoms with Crippen molar-refractivity contribution in [1.29, 1.82) is 0 Å². The molecule has 4 heteroatoms. The maximum absolute atomic E-state index is 12.7. The van der Waals surface area contributed by atoms with Crippen molar-refractivity contribution in [2.24, 2.45) is 0 Å². The largest absolute Gasteiger partial charge is 0.307 e. The van der Waals surface area contributed by atoms with E-state index in [1.807, 2.05) is 54.6 Å². The maximum Gasteiger partial charge on any atom is 0.227 e. The number of benzene rings is 2. The molecule has 2 aromatic rings. The molecule has 1 heterocycles. The summed E-state index contributed by atoms with van der Waals surface area (Å²) in [5, 5.41) is -0.265. The van der Waals surface area contributed by atoms with Crippen LogP contribution in [0.4, 0.5) is 5.69 Å². The SMILES string of the molecule is O=C(S)CCC(=O)N1Cc2ccccc2/C=C\c2ccccc21. The van der Waals surface area contributed by atoms with Crippen molar-refractivity contribution in [3.8, 4) is 0 Å². The van der Waals surface area contributed by atoms with Crippen LogP contribution in [0.25, 0.3) is 12.2 Å². The van der Waals surface area contributed by atoms with Crippen LogP contribution in [-0.2, 0) is 16.1 Å². The molecule has 3 nitrogen and oxygen atoms in total. The maximum atomic E-state index is 12.7. The Kier molecular flexibility index (Phi) is 4.63. The van der Waals surface area contributed by atoms with Gasteiger partial charge in [0.15, 0.2) is 5.12 Å². The predicted octanol–water partition coefficient (Wildman–Crippen LogP) is 3.94. The van der Waals surface area contributed by atoms with E-state index in [-0.39, 0.29) is 23.9 Å². The van der Waals surface area contributed by atoms with Crippen molar-refractivity contribution in [3.63, 3.8) is 0 Å². The van der Waals surface area contributed by atoms with Gasteiger partial charge in [0.1, 0.15) is 0 Å². The number of carbonyl (C=O) groups excluding carboxylic acids is 2. The number of anilines is 1. The molecular formula is C19H17NO2S. The Labute approximate surface area is 141 Å². The third kappa shape index (κ3) is 3.54. The number of rotatable bonds is 3.